The van der Waals surface area contributed by atoms with E-state index in [9.17, 15) is 0 Å². The van der Waals surface area contributed by atoms with Crippen LogP contribution in [0.15, 0.2) is 102 Å². The maximum atomic E-state index is 3.67. The first kappa shape index (κ1) is 15.0. The lowest BCUT2D eigenvalue weighted by atomic mass is 10.1. The molecule has 0 saturated heterocycles. The Morgan fingerprint density at radius 1 is 0.583 bits per heavy atom. The minimum Gasteiger partial charge on any atom is -0.310 e. The van der Waals surface area contributed by atoms with Gasteiger partial charge in [-0.3, -0.25) is 0 Å². The fraction of sp³-hybridized carbons (Fsp3) is 0. The van der Waals surface area contributed by atoms with E-state index >= 15 is 0 Å². The summed E-state index contributed by atoms with van der Waals surface area (Å²) in [7, 11) is 0. The second-order valence-electron chi connectivity index (χ2n) is 5.65. The highest BCUT2D eigenvalue weighted by molar-refractivity contribution is 9.10. The number of nitrogens with zero attached hydrogens (tertiary/aromatic N) is 1. The summed E-state index contributed by atoms with van der Waals surface area (Å²) in [4.78, 5) is 2.30. The van der Waals surface area contributed by atoms with Crippen LogP contribution in [0.5, 0.6) is 0 Å². The molecule has 1 nitrogen and oxygen atoms in total. The van der Waals surface area contributed by atoms with Gasteiger partial charge in [-0.1, -0.05) is 76.6 Å². The maximum Gasteiger partial charge on any atom is 0.0551 e. The molecule has 0 aromatic heterocycles. The molecule has 2 heteroatoms. The third kappa shape index (κ3) is 2.81. The number of para-hydroxylation sites is 2. The van der Waals surface area contributed by atoms with Gasteiger partial charge in [-0.15, -0.1) is 0 Å². The molecule has 4 rings (SSSR count). The Bertz CT molecular complexity index is 925. The molecule has 0 spiro atoms. The van der Waals surface area contributed by atoms with Gasteiger partial charge in [0.25, 0.3) is 0 Å². The molecule has 0 heterocycles. The van der Waals surface area contributed by atoms with Crippen LogP contribution in [0, 0.1) is 0 Å². The molecule has 0 aliphatic rings. The quantitative estimate of drug-likeness (QED) is 0.371. The van der Waals surface area contributed by atoms with Crippen LogP contribution >= 0.6 is 15.9 Å². The van der Waals surface area contributed by atoms with E-state index < -0.39 is 0 Å². The highest BCUT2D eigenvalue weighted by Crippen LogP contribution is 2.40. The largest absolute Gasteiger partial charge is 0.310 e. The molecule has 0 saturated carbocycles. The third-order valence-corrected chi connectivity index (χ3v) is 4.53. The highest BCUT2D eigenvalue weighted by Gasteiger charge is 2.15. The van der Waals surface area contributed by atoms with Crippen molar-refractivity contribution in [1.29, 1.82) is 0 Å². The van der Waals surface area contributed by atoms with E-state index in [-0.39, 0.29) is 0 Å². The Kier molecular flexibility index (Phi) is 4.06. The molecule has 24 heavy (non-hydrogen) atoms. The molecule has 0 unspecified atom stereocenters. The molecule has 0 aliphatic carbocycles. The molecule has 4 aromatic carbocycles. The topological polar surface area (TPSA) is 3.24 Å². The number of halogens is 1. The van der Waals surface area contributed by atoms with Crippen LogP contribution in [-0.2, 0) is 0 Å². The van der Waals surface area contributed by atoms with Gasteiger partial charge >= 0.3 is 0 Å². The molecule has 0 N–H and O–H groups in total. The van der Waals surface area contributed by atoms with Crippen molar-refractivity contribution in [2.45, 2.75) is 0 Å². The first-order valence-electron chi connectivity index (χ1n) is 7.91. The van der Waals surface area contributed by atoms with Crippen molar-refractivity contribution >= 4 is 43.8 Å². The van der Waals surface area contributed by atoms with Gasteiger partial charge in [-0.25, -0.2) is 0 Å². The van der Waals surface area contributed by atoms with E-state index in [1.807, 2.05) is 12.1 Å². The normalized spacial score (nSPS) is 10.7. The standard InChI is InChI=1S/C22H16BrN/c23-18-15-17-9-7-8-14-21(17)22(16-18)24(19-10-3-1-4-11-19)20-12-5-2-6-13-20/h1-16H. The molecule has 0 bridgehead atoms. The van der Waals surface area contributed by atoms with E-state index in [0.29, 0.717) is 0 Å². The van der Waals surface area contributed by atoms with Crippen LogP contribution < -0.4 is 4.90 Å². The van der Waals surface area contributed by atoms with Crippen LogP contribution in [0.2, 0.25) is 0 Å². The van der Waals surface area contributed by atoms with Crippen molar-refractivity contribution in [3.8, 4) is 0 Å². The fourth-order valence-corrected chi connectivity index (χ4v) is 3.48. The number of fused-ring (bicyclic) bond motifs is 1. The van der Waals surface area contributed by atoms with Crippen molar-refractivity contribution in [3.05, 3.63) is 102 Å². The molecular formula is C22H16BrN. The van der Waals surface area contributed by atoms with Gasteiger partial charge in [0.05, 0.1) is 5.69 Å². The average molecular weight is 374 g/mol. The van der Waals surface area contributed by atoms with Crippen molar-refractivity contribution in [1.82, 2.24) is 0 Å². The number of rotatable bonds is 3. The lowest BCUT2D eigenvalue weighted by molar-refractivity contribution is 1.29. The van der Waals surface area contributed by atoms with Gasteiger partial charge < -0.3 is 4.90 Å². The van der Waals surface area contributed by atoms with E-state index in [1.165, 1.54) is 10.8 Å². The minimum absolute atomic E-state index is 1.08. The van der Waals surface area contributed by atoms with Crippen molar-refractivity contribution in [2.24, 2.45) is 0 Å². The second-order valence-corrected chi connectivity index (χ2v) is 6.57. The summed E-state index contributed by atoms with van der Waals surface area (Å²) in [6, 6.07) is 33.8. The van der Waals surface area contributed by atoms with Crippen LogP contribution in [0.1, 0.15) is 0 Å². The van der Waals surface area contributed by atoms with Crippen LogP contribution in [-0.4, -0.2) is 0 Å². The van der Waals surface area contributed by atoms with Gasteiger partial charge in [0.15, 0.2) is 0 Å². The highest BCUT2D eigenvalue weighted by atomic mass is 79.9. The second kappa shape index (κ2) is 6.50. The van der Waals surface area contributed by atoms with Crippen molar-refractivity contribution in [2.75, 3.05) is 4.90 Å². The number of hydrogen-bond donors (Lipinski definition) is 0. The predicted molar refractivity (Wildman–Crippen MR) is 106 cm³/mol. The first-order valence-corrected chi connectivity index (χ1v) is 8.71. The Morgan fingerprint density at radius 2 is 1.12 bits per heavy atom. The Morgan fingerprint density at radius 3 is 1.75 bits per heavy atom. The van der Waals surface area contributed by atoms with Crippen molar-refractivity contribution in [3.63, 3.8) is 0 Å². The Hall–Kier alpha value is -2.58. The zero-order valence-corrected chi connectivity index (χ0v) is 14.6. The Balaban J connectivity index is 2.02. The predicted octanol–water partition coefficient (Wildman–Crippen LogP) is 7.07. The molecule has 0 fully saturated rings. The fourth-order valence-electron chi connectivity index (χ4n) is 3.02. The lowest BCUT2D eigenvalue weighted by Crippen LogP contribution is -2.10. The summed E-state index contributed by atoms with van der Waals surface area (Å²) in [6.07, 6.45) is 0. The monoisotopic (exact) mass is 373 g/mol. The number of benzene rings is 4. The van der Waals surface area contributed by atoms with Gasteiger partial charge in [-0.2, -0.15) is 0 Å². The minimum atomic E-state index is 1.08. The first-order chi connectivity index (χ1) is 11.8. The molecule has 116 valence electrons. The average Bonchev–Trinajstić information content (AvgIpc) is 2.63. The van der Waals surface area contributed by atoms with Crippen LogP contribution in [0.25, 0.3) is 10.8 Å². The molecule has 0 amide bonds. The Labute approximate surface area is 150 Å². The van der Waals surface area contributed by atoms with Crippen molar-refractivity contribution < 1.29 is 0 Å². The van der Waals surface area contributed by atoms with E-state index in [0.717, 1.165) is 21.5 Å². The summed E-state index contributed by atoms with van der Waals surface area (Å²) in [6.45, 7) is 0. The number of hydrogen-bond acceptors (Lipinski definition) is 1. The maximum absolute atomic E-state index is 3.67. The van der Waals surface area contributed by atoms with Gasteiger partial charge in [-0.05, 0) is 41.8 Å². The molecule has 0 aliphatic heterocycles. The van der Waals surface area contributed by atoms with Gasteiger partial charge in [0.2, 0.25) is 0 Å². The zero-order valence-electron chi connectivity index (χ0n) is 13.1. The molecule has 4 aromatic rings. The smallest absolute Gasteiger partial charge is 0.0551 e. The summed E-state index contributed by atoms with van der Waals surface area (Å²) >= 11 is 3.67. The van der Waals surface area contributed by atoms with Gasteiger partial charge in [0.1, 0.15) is 0 Å². The molecule has 0 atom stereocenters. The lowest BCUT2D eigenvalue weighted by Gasteiger charge is -2.27. The van der Waals surface area contributed by atoms with E-state index in [2.05, 4.69) is 106 Å². The van der Waals surface area contributed by atoms with Crippen LogP contribution in [0.3, 0.4) is 0 Å². The number of anilines is 3. The SMILES string of the molecule is Brc1cc(N(c2ccccc2)c2ccccc2)c2ccccc2c1. The van der Waals surface area contributed by atoms with Gasteiger partial charge in [0, 0.05) is 21.2 Å². The molecule has 0 radical (unpaired) electrons. The summed E-state index contributed by atoms with van der Waals surface area (Å²) in [5.74, 6) is 0. The zero-order chi connectivity index (χ0) is 16.4. The van der Waals surface area contributed by atoms with Crippen LogP contribution in [0.4, 0.5) is 17.1 Å². The van der Waals surface area contributed by atoms with E-state index in [4.69, 9.17) is 0 Å². The summed E-state index contributed by atoms with van der Waals surface area (Å²) in [5, 5.41) is 2.45. The summed E-state index contributed by atoms with van der Waals surface area (Å²) in [5.41, 5.74) is 3.45. The van der Waals surface area contributed by atoms with E-state index in [1.54, 1.807) is 0 Å². The summed E-state index contributed by atoms with van der Waals surface area (Å²) < 4.78 is 1.08. The third-order valence-electron chi connectivity index (χ3n) is 4.07. The molecular weight excluding hydrogens is 358 g/mol.